The highest BCUT2D eigenvalue weighted by Gasteiger charge is 2.15. The Bertz CT molecular complexity index is 666. The van der Waals surface area contributed by atoms with Gasteiger partial charge in [-0.25, -0.2) is 4.79 Å². The molecule has 0 spiro atoms. The first-order chi connectivity index (χ1) is 9.95. The summed E-state index contributed by atoms with van der Waals surface area (Å²) < 4.78 is 0.726. The van der Waals surface area contributed by atoms with Crippen LogP contribution >= 0.6 is 34.7 Å². The van der Waals surface area contributed by atoms with Crippen molar-refractivity contribution >= 4 is 52.3 Å². The number of hydrogen-bond acceptors (Lipinski definition) is 4. The molecular weight excluding hydrogens is 332 g/mol. The molecule has 2 aromatic rings. The van der Waals surface area contributed by atoms with Crippen molar-refractivity contribution in [1.82, 2.24) is 4.98 Å². The van der Waals surface area contributed by atoms with Crippen LogP contribution in [0.15, 0.2) is 18.2 Å². The Hall–Kier alpha value is -1.44. The monoisotopic (exact) mass is 344 g/mol. The second-order valence-corrected chi connectivity index (χ2v) is 7.08. The zero-order chi connectivity index (χ0) is 15.4. The number of carboxylic acids is 1. The van der Waals surface area contributed by atoms with Gasteiger partial charge in [-0.05, 0) is 25.1 Å². The van der Waals surface area contributed by atoms with Gasteiger partial charge in [-0.1, -0.05) is 11.6 Å². The van der Waals surface area contributed by atoms with Gasteiger partial charge < -0.3 is 15.4 Å². The number of aromatic amines is 1. The molecule has 2 heterocycles. The molecule has 0 bridgehead atoms. The second-order valence-electron chi connectivity index (χ2n) is 4.29. The van der Waals surface area contributed by atoms with Gasteiger partial charge in [0.2, 0.25) is 5.91 Å². The minimum Gasteiger partial charge on any atom is -0.477 e. The van der Waals surface area contributed by atoms with Gasteiger partial charge in [0.25, 0.3) is 0 Å². The quantitative estimate of drug-likeness (QED) is 0.747. The standard InChI is InChI=1S/C13H13ClN2O3S2/c1-7-4-9(12(15-7)13(18)19)16-11(17)6-20-5-8-2-3-10(14)21-8/h2-4,15H,5-6H2,1H3,(H,16,17)(H,18,19). The number of aromatic carboxylic acids is 1. The van der Waals surface area contributed by atoms with E-state index in [0.717, 1.165) is 9.21 Å². The lowest BCUT2D eigenvalue weighted by Crippen LogP contribution is -2.16. The number of thioether (sulfide) groups is 1. The molecular formula is C13H13ClN2O3S2. The molecule has 0 fully saturated rings. The number of aryl methyl sites for hydroxylation is 1. The number of H-pyrrole nitrogens is 1. The predicted molar refractivity (Wildman–Crippen MR) is 86.6 cm³/mol. The summed E-state index contributed by atoms with van der Waals surface area (Å²) in [6.07, 6.45) is 0. The molecule has 2 rings (SSSR count). The maximum absolute atomic E-state index is 11.8. The summed E-state index contributed by atoms with van der Waals surface area (Å²) in [5, 5.41) is 11.6. The van der Waals surface area contributed by atoms with E-state index in [4.69, 9.17) is 16.7 Å². The third-order valence-electron chi connectivity index (χ3n) is 2.55. The van der Waals surface area contributed by atoms with E-state index in [1.54, 1.807) is 13.0 Å². The lowest BCUT2D eigenvalue weighted by Gasteiger charge is -2.04. The van der Waals surface area contributed by atoms with E-state index in [2.05, 4.69) is 10.3 Å². The number of thiophene rings is 1. The molecule has 3 N–H and O–H groups in total. The number of carbonyl (C=O) groups is 2. The summed E-state index contributed by atoms with van der Waals surface area (Å²) in [6, 6.07) is 5.35. The van der Waals surface area contributed by atoms with Crippen LogP contribution in [0.3, 0.4) is 0 Å². The van der Waals surface area contributed by atoms with E-state index in [9.17, 15) is 9.59 Å². The van der Waals surface area contributed by atoms with Crippen LogP contribution in [0, 0.1) is 6.92 Å². The zero-order valence-corrected chi connectivity index (χ0v) is 13.5. The highest BCUT2D eigenvalue weighted by atomic mass is 35.5. The number of carboxylic acid groups (broad SMARTS) is 1. The van der Waals surface area contributed by atoms with Crippen LogP contribution in [0.4, 0.5) is 5.69 Å². The van der Waals surface area contributed by atoms with Crippen molar-refractivity contribution in [2.75, 3.05) is 11.1 Å². The van der Waals surface area contributed by atoms with Crippen LogP contribution in [-0.2, 0) is 10.5 Å². The number of aromatic nitrogens is 1. The average molecular weight is 345 g/mol. The summed E-state index contributed by atoms with van der Waals surface area (Å²) in [5.41, 5.74) is 0.976. The lowest BCUT2D eigenvalue weighted by molar-refractivity contribution is -0.113. The molecule has 0 aliphatic rings. The highest BCUT2D eigenvalue weighted by Crippen LogP contribution is 2.25. The molecule has 1 amide bonds. The molecule has 112 valence electrons. The number of nitrogens with one attached hydrogen (secondary N) is 2. The van der Waals surface area contributed by atoms with E-state index >= 15 is 0 Å². The van der Waals surface area contributed by atoms with Crippen LogP contribution in [0.1, 0.15) is 21.1 Å². The van der Waals surface area contributed by atoms with Gasteiger partial charge in [-0.15, -0.1) is 23.1 Å². The van der Waals surface area contributed by atoms with Crippen molar-refractivity contribution < 1.29 is 14.7 Å². The van der Waals surface area contributed by atoms with Gasteiger partial charge in [0, 0.05) is 16.3 Å². The maximum atomic E-state index is 11.8. The molecule has 0 radical (unpaired) electrons. The number of hydrogen-bond donors (Lipinski definition) is 3. The Kier molecular flexibility index (Phi) is 5.33. The SMILES string of the molecule is Cc1cc(NC(=O)CSCc2ccc(Cl)s2)c(C(=O)O)[nH]1. The van der Waals surface area contributed by atoms with Crippen LogP contribution < -0.4 is 5.32 Å². The lowest BCUT2D eigenvalue weighted by atomic mass is 10.3. The summed E-state index contributed by atoms with van der Waals surface area (Å²) in [6.45, 7) is 1.73. The van der Waals surface area contributed by atoms with Crippen molar-refractivity contribution in [3.05, 3.63) is 38.8 Å². The molecule has 0 atom stereocenters. The average Bonchev–Trinajstić information content (AvgIpc) is 2.96. The summed E-state index contributed by atoms with van der Waals surface area (Å²) in [5.74, 6) is -0.384. The van der Waals surface area contributed by atoms with E-state index < -0.39 is 5.97 Å². The fourth-order valence-electron chi connectivity index (χ4n) is 1.72. The summed E-state index contributed by atoms with van der Waals surface area (Å²) in [7, 11) is 0. The van der Waals surface area contributed by atoms with Crippen molar-refractivity contribution in [3.63, 3.8) is 0 Å². The van der Waals surface area contributed by atoms with Gasteiger partial charge in [0.05, 0.1) is 15.8 Å². The van der Waals surface area contributed by atoms with Gasteiger partial charge in [-0.2, -0.15) is 0 Å². The largest absolute Gasteiger partial charge is 0.477 e. The molecule has 0 aliphatic carbocycles. The van der Waals surface area contributed by atoms with Crippen molar-refractivity contribution in [2.24, 2.45) is 0 Å². The predicted octanol–water partition coefficient (Wildman–Crippen LogP) is 3.61. The number of anilines is 1. The molecule has 5 nitrogen and oxygen atoms in total. The Morgan fingerprint density at radius 3 is 2.86 bits per heavy atom. The maximum Gasteiger partial charge on any atom is 0.354 e. The first-order valence-corrected chi connectivity index (χ1v) is 8.35. The molecule has 2 aromatic heterocycles. The first-order valence-electron chi connectivity index (χ1n) is 6.00. The normalized spacial score (nSPS) is 10.6. The highest BCUT2D eigenvalue weighted by molar-refractivity contribution is 7.99. The number of carbonyl (C=O) groups excluding carboxylic acids is 1. The topological polar surface area (TPSA) is 82.2 Å². The number of amides is 1. The van der Waals surface area contributed by atoms with Crippen molar-refractivity contribution in [1.29, 1.82) is 0 Å². The molecule has 0 saturated heterocycles. The molecule has 0 aromatic carbocycles. The van der Waals surface area contributed by atoms with E-state index in [1.807, 2.05) is 12.1 Å². The van der Waals surface area contributed by atoms with Crippen molar-refractivity contribution in [3.8, 4) is 0 Å². The van der Waals surface area contributed by atoms with Crippen LogP contribution in [0.2, 0.25) is 4.34 Å². The summed E-state index contributed by atoms with van der Waals surface area (Å²) in [4.78, 5) is 26.6. The van der Waals surface area contributed by atoms with E-state index in [-0.39, 0.29) is 17.4 Å². The van der Waals surface area contributed by atoms with Gasteiger partial charge in [0.15, 0.2) is 0 Å². The Morgan fingerprint density at radius 1 is 1.48 bits per heavy atom. The van der Waals surface area contributed by atoms with Crippen molar-refractivity contribution in [2.45, 2.75) is 12.7 Å². The van der Waals surface area contributed by atoms with Crippen LogP contribution in [-0.4, -0.2) is 27.7 Å². The first kappa shape index (κ1) is 15.9. The number of rotatable bonds is 6. The van der Waals surface area contributed by atoms with E-state index in [1.165, 1.54) is 23.1 Å². The van der Waals surface area contributed by atoms with Gasteiger partial charge in [0.1, 0.15) is 5.69 Å². The second kappa shape index (κ2) is 7.02. The minimum absolute atomic E-state index is 0.00381. The van der Waals surface area contributed by atoms with Gasteiger partial charge >= 0.3 is 5.97 Å². The number of halogens is 1. The van der Waals surface area contributed by atoms with E-state index in [0.29, 0.717) is 17.1 Å². The smallest absolute Gasteiger partial charge is 0.354 e. The fourth-order valence-corrected chi connectivity index (χ4v) is 3.74. The third-order valence-corrected chi connectivity index (χ3v) is 4.94. The van der Waals surface area contributed by atoms with Crippen LogP contribution in [0.5, 0.6) is 0 Å². The minimum atomic E-state index is -1.10. The molecule has 0 unspecified atom stereocenters. The Balaban J connectivity index is 1.86. The fraction of sp³-hybridized carbons (Fsp3) is 0.231. The Labute approximate surface area is 134 Å². The Morgan fingerprint density at radius 2 is 2.24 bits per heavy atom. The zero-order valence-electron chi connectivity index (χ0n) is 11.1. The molecule has 8 heteroatoms. The van der Waals surface area contributed by atoms with Crippen LogP contribution in [0.25, 0.3) is 0 Å². The molecule has 21 heavy (non-hydrogen) atoms. The summed E-state index contributed by atoms with van der Waals surface area (Å²) >= 11 is 8.76. The van der Waals surface area contributed by atoms with Gasteiger partial charge in [-0.3, -0.25) is 4.79 Å². The third kappa shape index (κ3) is 4.52. The molecule has 0 aliphatic heterocycles. The molecule has 0 saturated carbocycles.